The number of rotatable bonds is 8. The number of nitrogens with one attached hydrogen (secondary N) is 2. The molecule has 0 saturated carbocycles. The highest BCUT2D eigenvalue weighted by Gasteiger charge is 2.24. The first-order valence-electron chi connectivity index (χ1n) is 8.90. The third kappa shape index (κ3) is 6.61. The SMILES string of the molecule is Cc1cccc(OCCNC(=O)[C@@H](NC(=O)c2ccc(Cl)cc2)C(C)C)c1. The molecule has 6 heteroatoms. The van der Waals surface area contributed by atoms with Crippen LogP contribution >= 0.6 is 11.6 Å². The number of carbonyl (C=O) groups excluding carboxylic acids is 2. The molecular weight excluding hydrogens is 364 g/mol. The molecule has 0 unspecified atom stereocenters. The Hall–Kier alpha value is -2.53. The Bertz CT molecular complexity index is 775. The molecule has 2 aromatic carbocycles. The summed E-state index contributed by atoms with van der Waals surface area (Å²) in [5.41, 5.74) is 1.57. The van der Waals surface area contributed by atoms with E-state index in [0.717, 1.165) is 11.3 Å². The van der Waals surface area contributed by atoms with Gasteiger partial charge >= 0.3 is 0 Å². The van der Waals surface area contributed by atoms with Gasteiger partial charge in [-0.05, 0) is 54.8 Å². The highest BCUT2D eigenvalue weighted by atomic mass is 35.5. The standard InChI is InChI=1S/C21H25ClN2O3/c1-14(2)19(24-20(25)16-7-9-17(22)10-8-16)21(26)23-11-12-27-18-6-4-5-15(3)13-18/h4-10,13-14,19H,11-12H2,1-3H3,(H,23,26)(H,24,25)/t19-/m0/s1. The van der Waals surface area contributed by atoms with Crippen LogP contribution in [0.3, 0.4) is 0 Å². The second-order valence-corrected chi connectivity index (χ2v) is 7.09. The average molecular weight is 389 g/mol. The monoisotopic (exact) mass is 388 g/mol. The van der Waals surface area contributed by atoms with E-state index < -0.39 is 6.04 Å². The molecule has 0 fully saturated rings. The van der Waals surface area contributed by atoms with Crippen molar-refractivity contribution in [3.05, 3.63) is 64.7 Å². The van der Waals surface area contributed by atoms with Crippen LogP contribution in [0.15, 0.2) is 48.5 Å². The van der Waals surface area contributed by atoms with Crippen LogP contribution < -0.4 is 15.4 Å². The van der Waals surface area contributed by atoms with Gasteiger partial charge in [0, 0.05) is 10.6 Å². The van der Waals surface area contributed by atoms with E-state index in [1.807, 2.05) is 45.0 Å². The van der Waals surface area contributed by atoms with Gasteiger partial charge in [-0.2, -0.15) is 0 Å². The van der Waals surface area contributed by atoms with E-state index >= 15 is 0 Å². The molecule has 0 bridgehead atoms. The smallest absolute Gasteiger partial charge is 0.251 e. The molecule has 0 spiro atoms. The van der Waals surface area contributed by atoms with E-state index in [2.05, 4.69) is 10.6 Å². The summed E-state index contributed by atoms with van der Waals surface area (Å²) in [5, 5.41) is 6.15. The first-order chi connectivity index (χ1) is 12.9. The Balaban J connectivity index is 1.85. The van der Waals surface area contributed by atoms with Crippen molar-refractivity contribution in [1.82, 2.24) is 10.6 Å². The predicted molar refractivity (Wildman–Crippen MR) is 107 cm³/mol. The Labute approximate surface area is 165 Å². The van der Waals surface area contributed by atoms with Crippen LogP contribution in [0.5, 0.6) is 5.75 Å². The molecule has 0 saturated heterocycles. The highest BCUT2D eigenvalue weighted by Crippen LogP contribution is 2.12. The van der Waals surface area contributed by atoms with E-state index in [1.54, 1.807) is 24.3 Å². The zero-order valence-corrected chi connectivity index (χ0v) is 16.5. The summed E-state index contributed by atoms with van der Waals surface area (Å²) in [5.74, 6) is 0.163. The summed E-state index contributed by atoms with van der Waals surface area (Å²) in [7, 11) is 0. The van der Waals surface area contributed by atoms with Gasteiger partial charge in [-0.1, -0.05) is 37.6 Å². The minimum atomic E-state index is -0.632. The third-order valence-electron chi connectivity index (χ3n) is 4.00. The minimum absolute atomic E-state index is 0.0565. The van der Waals surface area contributed by atoms with Crippen LogP contribution in [-0.4, -0.2) is 31.0 Å². The molecule has 2 amide bonds. The van der Waals surface area contributed by atoms with Gasteiger partial charge in [0.2, 0.25) is 5.91 Å². The summed E-state index contributed by atoms with van der Waals surface area (Å²) in [4.78, 5) is 24.8. The van der Waals surface area contributed by atoms with Gasteiger partial charge in [0.05, 0.1) is 6.54 Å². The van der Waals surface area contributed by atoms with E-state index in [-0.39, 0.29) is 17.7 Å². The van der Waals surface area contributed by atoms with E-state index in [0.29, 0.717) is 23.7 Å². The molecule has 5 nitrogen and oxygen atoms in total. The van der Waals surface area contributed by atoms with Crippen LogP contribution in [0.1, 0.15) is 29.8 Å². The molecule has 144 valence electrons. The van der Waals surface area contributed by atoms with Crippen LogP contribution in [0, 0.1) is 12.8 Å². The number of aryl methyl sites for hydroxylation is 1. The Morgan fingerprint density at radius 3 is 2.44 bits per heavy atom. The number of ether oxygens (including phenoxy) is 1. The third-order valence-corrected chi connectivity index (χ3v) is 4.25. The molecule has 0 radical (unpaired) electrons. The fraction of sp³-hybridized carbons (Fsp3) is 0.333. The van der Waals surface area contributed by atoms with Crippen LogP contribution in [-0.2, 0) is 4.79 Å². The van der Waals surface area contributed by atoms with Crippen molar-refractivity contribution in [2.24, 2.45) is 5.92 Å². The zero-order chi connectivity index (χ0) is 19.8. The van der Waals surface area contributed by atoms with Crippen molar-refractivity contribution in [2.75, 3.05) is 13.2 Å². The number of halogens is 1. The Kier molecular flexibility index (Phi) is 7.67. The van der Waals surface area contributed by atoms with E-state index in [1.165, 1.54) is 0 Å². The maximum Gasteiger partial charge on any atom is 0.251 e. The lowest BCUT2D eigenvalue weighted by Gasteiger charge is -2.22. The van der Waals surface area contributed by atoms with Gasteiger partial charge < -0.3 is 15.4 Å². The second-order valence-electron chi connectivity index (χ2n) is 6.66. The Morgan fingerprint density at radius 2 is 1.81 bits per heavy atom. The molecule has 0 aliphatic heterocycles. The van der Waals surface area contributed by atoms with Gasteiger partial charge in [-0.15, -0.1) is 0 Å². The maximum atomic E-state index is 12.5. The summed E-state index contributed by atoms with van der Waals surface area (Å²) in [6, 6.07) is 13.6. The number of benzene rings is 2. The van der Waals surface area contributed by atoms with Crippen molar-refractivity contribution in [3.8, 4) is 5.75 Å². The maximum absolute atomic E-state index is 12.5. The lowest BCUT2D eigenvalue weighted by molar-refractivity contribution is -0.124. The molecule has 0 aliphatic rings. The fourth-order valence-corrected chi connectivity index (χ4v) is 2.64. The topological polar surface area (TPSA) is 67.4 Å². The molecule has 0 aromatic heterocycles. The van der Waals surface area contributed by atoms with Crippen LogP contribution in [0.25, 0.3) is 0 Å². The zero-order valence-electron chi connectivity index (χ0n) is 15.8. The largest absolute Gasteiger partial charge is 0.492 e. The van der Waals surface area contributed by atoms with Gasteiger partial charge in [-0.25, -0.2) is 0 Å². The number of carbonyl (C=O) groups is 2. The minimum Gasteiger partial charge on any atom is -0.492 e. The van der Waals surface area contributed by atoms with Crippen LogP contribution in [0.2, 0.25) is 5.02 Å². The lowest BCUT2D eigenvalue weighted by atomic mass is 10.0. The summed E-state index contributed by atoms with van der Waals surface area (Å²) >= 11 is 5.84. The second kappa shape index (κ2) is 9.97. The first kappa shape index (κ1) is 20.8. The molecule has 0 aliphatic carbocycles. The molecule has 0 heterocycles. The Morgan fingerprint density at radius 1 is 1.11 bits per heavy atom. The van der Waals surface area contributed by atoms with Crippen molar-refractivity contribution >= 4 is 23.4 Å². The van der Waals surface area contributed by atoms with Crippen molar-refractivity contribution in [2.45, 2.75) is 26.8 Å². The summed E-state index contributed by atoms with van der Waals surface area (Å²) in [6.45, 7) is 6.47. The van der Waals surface area contributed by atoms with Gasteiger partial charge in [-0.3, -0.25) is 9.59 Å². The number of hydrogen-bond donors (Lipinski definition) is 2. The van der Waals surface area contributed by atoms with E-state index in [4.69, 9.17) is 16.3 Å². The normalized spacial score (nSPS) is 11.7. The van der Waals surface area contributed by atoms with Crippen molar-refractivity contribution in [1.29, 1.82) is 0 Å². The molecule has 2 rings (SSSR count). The van der Waals surface area contributed by atoms with Gasteiger partial charge in [0.15, 0.2) is 0 Å². The summed E-state index contributed by atoms with van der Waals surface area (Å²) in [6.07, 6.45) is 0. The first-order valence-corrected chi connectivity index (χ1v) is 9.28. The fourth-order valence-electron chi connectivity index (χ4n) is 2.52. The molecular formula is C21H25ClN2O3. The average Bonchev–Trinajstić information content (AvgIpc) is 2.63. The van der Waals surface area contributed by atoms with E-state index in [9.17, 15) is 9.59 Å². The quantitative estimate of drug-likeness (QED) is 0.679. The molecule has 27 heavy (non-hydrogen) atoms. The molecule has 2 N–H and O–H groups in total. The van der Waals surface area contributed by atoms with Gasteiger partial charge in [0.25, 0.3) is 5.91 Å². The molecule has 1 atom stereocenters. The molecule has 2 aromatic rings. The number of amides is 2. The van der Waals surface area contributed by atoms with Crippen LogP contribution in [0.4, 0.5) is 0 Å². The van der Waals surface area contributed by atoms with Crippen molar-refractivity contribution in [3.63, 3.8) is 0 Å². The predicted octanol–water partition coefficient (Wildman–Crippen LogP) is 3.60. The van der Waals surface area contributed by atoms with Gasteiger partial charge in [0.1, 0.15) is 18.4 Å². The summed E-state index contributed by atoms with van der Waals surface area (Å²) < 4.78 is 5.62. The van der Waals surface area contributed by atoms with Crippen molar-refractivity contribution < 1.29 is 14.3 Å². The highest BCUT2D eigenvalue weighted by molar-refractivity contribution is 6.30. The lowest BCUT2D eigenvalue weighted by Crippen LogP contribution is -2.50. The number of hydrogen-bond acceptors (Lipinski definition) is 3.